The number of aromatic carboxylic acids is 1. The van der Waals surface area contributed by atoms with Gasteiger partial charge in [-0.15, -0.1) is 11.8 Å². The zero-order valence-corrected chi connectivity index (χ0v) is 12.7. The summed E-state index contributed by atoms with van der Waals surface area (Å²) in [7, 11) is 0. The van der Waals surface area contributed by atoms with Gasteiger partial charge in [-0.3, -0.25) is 4.98 Å². The van der Waals surface area contributed by atoms with Crippen molar-refractivity contribution in [1.29, 1.82) is 0 Å². The SMILES string of the molecule is CSc1ccc2c(Nc3ccccc3C(=O)O)ccnc2c1. The van der Waals surface area contributed by atoms with Crippen LogP contribution in [0.4, 0.5) is 11.4 Å². The molecule has 0 bridgehead atoms. The Morgan fingerprint density at radius 2 is 1.95 bits per heavy atom. The van der Waals surface area contributed by atoms with E-state index in [4.69, 9.17) is 0 Å². The van der Waals surface area contributed by atoms with Crippen LogP contribution >= 0.6 is 11.8 Å². The highest BCUT2D eigenvalue weighted by Gasteiger charge is 2.10. The Hall–Kier alpha value is -2.53. The zero-order valence-electron chi connectivity index (χ0n) is 11.9. The summed E-state index contributed by atoms with van der Waals surface area (Å²) in [6.07, 6.45) is 3.74. The van der Waals surface area contributed by atoms with Gasteiger partial charge in [-0.05, 0) is 42.7 Å². The van der Waals surface area contributed by atoms with Gasteiger partial charge >= 0.3 is 5.97 Å². The van der Waals surface area contributed by atoms with E-state index in [0.29, 0.717) is 5.69 Å². The van der Waals surface area contributed by atoms with Gasteiger partial charge < -0.3 is 10.4 Å². The number of pyridine rings is 1. The summed E-state index contributed by atoms with van der Waals surface area (Å²) in [4.78, 5) is 16.8. The molecule has 0 unspecified atom stereocenters. The highest BCUT2D eigenvalue weighted by Crippen LogP contribution is 2.29. The van der Waals surface area contributed by atoms with Crippen LogP contribution in [-0.2, 0) is 0 Å². The lowest BCUT2D eigenvalue weighted by atomic mass is 10.1. The first-order valence-corrected chi connectivity index (χ1v) is 7.93. The largest absolute Gasteiger partial charge is 0.478 e. The van der Waals surface area contributed by atoms with Crippen molar-refractivity contribution in [2.24, 2.45) is 0 Å². The number of rotatable bonds is 4. The van der Waals surface area contributed by atoms with Gasteiger partial charge in [0.25, 0.3) is 0 Å². The van der Waals surface area contributed by atoms with Gasteiger partial charge in [0.2, 0.25) is 0 Å². The van der Waals surface area contributed by atoms with Crippen molar-refractivity contribution in [2.45, 2.75) is 4.90 Å². The highest BCUT2D eigenvalue weighted by molar-refractivity contribution is 7.98. The van der Waals surface area contributed by atoms with Crippen molar-refractivity contribution >= 4 is 40.0 Å². The number of thioether (sulfide) groups is 1. The first-order valence-electron chi connectivity index (χ1n) is 6.71. The quantitative estimate of drug-likeness (QED) is 0.699. The molecule has 3 aromatic rings. The van der Waals surface area contributed by atoms with E-state index < -0.39 is 5.97 Å². The molecule has 5 heteroatoms. The number of carboxylic acids is 1. The number of para-hydroxylation sites is 1. The predicted molar refractivity (Wildman–Crippen MR) is 90.2 cm³/mol. The predicted octanol–water partition coefficient (Wildman–Crippen LogP) is 4.40. The smallest absolute Gasteiger partial charge is 0.337 e. The third kappa shape index (κ3) is 2.76. The number of fused-ring (bicyclic) bond motifs is 1. The monoisotopic (exact) mass is 310 g/mol. The fourth-order valence-corrected chi connectivity index (χ4v) is 2.72. The van der Waals surface area contributed by atoms with Crippen molar-refractivity contribution < 1.29 is 9.90 Å². The number of hydrogen-bond acceptors (Lipinski definition) is 4. The standard InChI is InChI=1S/C17H14N2O2S/c1-22-11-6-7-12-15(8-9-18-16(12)10-11)19-14-5-3-2-4-13(14)17(20)21/h2-10H,1H3,(H,18,19)(H,20,21). The van der Waals surface area contributed by atoms with Crippen molar-refractivity contribution in [1.82, 2.24) is 4.98 Å². The van der Waals surface area contributed by atoms with Gasteiger partial charge in [0.15, 0.2) is 0 Å². The Labute approximate surface area is 132 Å². The van der Waals surface area contributed by atoms with Crippen molar-refractivity contribution in [3.05, 3.63) is 60.3 Å². The number of nitrogens with zero attached hydrogens (tertiary/aromatic N) is 1. The Morgan fingerprint density at radius 3 is 2.73 bits per heavy atom. The molecule has 0 saturated heterocycles. The molecule has 0 fully saturated rings. The van der Waals surface area contributed by atoms with Gasteiger partial charge in [-0.25, -0.2) is 4.79 Å². The molecule has 0 aliphatic rings. The average molecular weight is 310 g/mol. The zero-order chi connectivity index (χ0) is 15.5. The number of carbonyl (C=O) groups is 1. The maximum absolute atomic E-state index is 11.3. The highest BCUT2D eigenvalue weighted by atomic mass is 32.2. The molecular weight excluding hydrogens is 296 g/mol. The first kappa shape index (κ1) is 14.4. The molecular formula is C17H14N2O2S. The summed E-state index contributed by atoms with van der Waals surface area (Å²) in [6.45, 7) is 0. The van der Waals surface area contributed by atoms with Gasteiger partial charge in [0, 0.05) is 22.2 Å². The van der Waals surface area contributed by atoms with E-state index in [1.165, 1.54) is 0 Å². The van der Waals surface area contributed by atoms with E-state index in [1.54, 1.807) is 36.2 Å². The number of carboxylic acid groups (broad SMARTS) is 1. The summed E-state index contributed by atoms with van der Waals surface area (Å²) < 4.78 is 0. The second-order valence-corrected chi connectivity index (χ2v) is 5.60. The summed E-state index contributed by atoms with van der Waals surface area (Å²) >= 11 is 1.66. The minimum Gasteiger partial charge on any atom is -0.478 e. The average Bonchev–Trinajstić information content (AvgIpc) is 2.55. The van der Waals surface area contributed by atoms with Crippen LogP contribution in [-0.4, -0.2) is 22.3 Å². The Morgan fingerprint density at radius 1 is 1.14 bits per heavy atom. The molecule has 0 spiro atoms. The van der Waals surface area contributed by atoms with Crippen LogP contribution in [0.2, 0.25) is 0 Å². The molecule has 110 valence electrons. The fourth-order valence-electron chi connectivity index (χ4n) is 2.29. The van der Waals surface area contributed by atoms with Crippen molar-refractivity contribution in [2.75, 3.05) is 11.6 Å². The molecule has 0 radical (unpaired) electrons. The van der Waals surface area contributed by atoms with E-state index in [-0.39, 0.29) is 5.56 Å². The molecule has 0 saturated carbocycles. The summed E-state index contributed by atoms with van der Waals surface area (Å²) in [5.41, 5.74) is 2.53. The lowest BCUT2D eigenvalue weighted by Crippen LogP contribution is -2.02. The minimum absolute atomic E-state index is 0.244. The Bertz CT molecular complexity index is 849. The van der Waals surface area contributed by atoms with Crippen LogP contribution in [0, 0.1) is 0 Å². The number of anilines is 2. The normalized spacial score (nSPS) is 10.6. The molecule has 1 heterocycles. The lowest BCUT2D eigenvalue weighted by Gasteiger charge is -2.12. The van der Waals surface area contributed by atoms with E-state index >= 15 is 0 Å². The number of hydrogen-bond donors (Lipinski definition) is 2. The number of benzene rings is 2. The molecule has 0 aliphatic heterocycles. The Balaban J connectivity index is 2.06. The van der Waals surface area contributed by atoms with E-state index in [2.05, 4.69) is 10.3 Å². The molecule has 3 rings (SSSR count). The van der Waals surface area contributed by atoms with Crippen LogP contribution in [0.5, 0.6) is 0 Å². The topological polar surface area (TPSA) is 62.2 Å². The maximum Gasteiger partial charge on any atom is 0.337 e. The molecule has 2 aromatic carbocycles. The summed E-state index contributed by atoms with van der Waals surface area (Å²) in [6, 6.07) is 14.8. The molecule has 4 nitrogen and oxygen atoms in total. The molecule has 0 amide bonds. The maximum atomic E-state index is 11.3. The number of nitrogens with one attached hydrogen (secondary N) is 1. The van der Waals surface area contributed by atoms with Gasteiger partial charge in [-0.2, -0.15) is 0 Å². The van der Waals surface area contributed by atoms with Crippen LogP contribution in [0.15, 0.2) is 59.6 Å². The minimum atomic E-state index is -0.953. The van der Waals surface area contributed by atoms with Gasteiger partial charge in [-0.1, -0.05) is 12.1 Å². The molecule has 2 N–H and O–H groups in total. The summed E-state index contributed by atoms with van der Waals surface area (Å²) in [5.74, 6) is -0.953. The van der Waals surface area contributed by atoms with Crippen LogP contribution in [0.25, 0.3) is 10.9 Å². The Kier molecular flexibility index (Phi) is 3.98. The summed E-state index contributed by atoms with van der Waals surface area (Å²) in [5, 5.41) is 13.4. The molecule has 1 aromatic heterocycles. The third-order valence-corrected chi connectivity index (χ3v) is 4.10. The van der Waals surface area contributed by atoms with E-state index in [9.17, 15) is 9.90 Å². The van der Waals surface area contributed by atoms with E-state index in [1.807, 2.05) is 36.6 Å². The van der Waals surface area contributed by atoms with Crippen LogP contribution < -0.4 is 5.32 Å². The van der Waals surface area contributed by atoms with Crippen LogP contribution in [0.3, 0.4) is 0 Å². The van der Waals surface area contributed by atoms with Crippen molar-refractivity contribution in [3.8, 4) is 0 Å². The molecule has 0 atom stereocenters. The second kappa shape index (κ2) is 6.07. The van der Waals surface area contributed by atoms with Gasteiger partial charge in [0.05, 0.1) is 16.8 Å². The van der Waals surface area contributed by atoms with Crippen LogP contribution in [0.1, 0.15) is 10.4 Å². The fraction of sp³-hybridized carbons (Fsp3) is 0.0588. The van der Waals surface area contributed by atoms with Crippen molar-refractivity contribution in [3.63, 3.8) is 0 Å². The van der Waals surface area contributed by atoms with Gasteiger partial charge in [0.1, 0.15) is 0 Å². The third-order valence-electron chi connectivity index (χ3n) is 3.38. The number of aromatic nitrogens is 1. The second-order valence-electron chi connectivity index (χ2n) is 4.72. The molecule has 22 heavy (non-hydrogen) atoms. The van der Waals surface area contributed by atoms with E-state index in [0.717, 1.165) is 21.5 Å². The molecule has 0 aliphatic carbocycles. The lowest BCUT2D eigenvalue weighted by molar-refractivity contribution is 0.0698. The first-order chi connectivity index (χ1) is 10.7.